The Morgan fingerprint density at radius 3 is 2.11 bits per heavy atom. The summed E-state index contributed by atoms with van der Waals surface area (Å²) in [5, 5.41) is 3.91. The number of rotatable bonds is 4. The summed E-state index contributed by atoms with van der Waals surface area (Å²) in [6.07, 6.45) is 1.71. The molecule has 2 rings (SSSR count). The van der Waals surface area contributed by atoms with Crippen molar-refractivity contribution in [1.29, 1.82) is 0 Å². The topological polar surface area (TPSA) is 33.6 Å². The van der Waals surface area contributed by atoms with Gasteiger partial charge in [-0.1, -0.05) is 0 Å². The summed E-state index contributed by atoms with van der Waals surface area (Å²) in [7, 11) is 1.74. The molecule has 0 aromatic heterocycles. The quantitative estimate of drug-likeness (QED) is 0.662. The van der Waals surface area contributed by atoms with E-state index >= 15 is 0 Å². The van der Waals surface area contributed by atoms with Crippen molar-refractivity contribution in [1.82, 2.24) is 5.43 Å². The Kier molecular flexibility index (Phi) is 3.91. The molecular weight excluding hydrogens is 231 g/mol. The standard InChI is InChI=1S/C14H13FN2O/c1-16-17-10-11-2-6-13(7-3-11)18-14-8-4-12(15)5-9-14/h2-10,16H,1H3/b17-10+. The zero-order valence-corrected chi connectivity index (χ0v) is 9.93. The molecule has 3 nitrogen and oxygen atoms in total. The van der Waals surface area contributed by atoms with Crippen molar-refractivity contribution in [2.45, 2.75) is 0 Å². The van der Waals surface area contributed by atoms with Gasteiger partial charge < -0.3 is 10.2 Å². The number of hydrazone groups is 1. The minimum absolute atomic E-state index is 0.277. The fourth-order valence-corrected chi connectivity index (χ4v) is 1.40. The van der Waals surface area contributed by atoms with Crippen LogP contribution in [-0.2, 0) is 0 Å². The van der Waals surface area contributed by atoms with E-state index in [4.69, 9.17) is 4.74 Å². The van der Waals surface area contributed by atoms with Gasteiger partial charge >= 0.3 is 0 Å². The highest BCUT2D eigenvalue weighted by Crippen LogP contribution is 2.21. The first-order valence-electron chi connectivity index (χ1n) is 5.51. The predicted molar refractivity (Wildman–Crippen MR) is 69.6 cm³/mol. The molecule has 0 unspecified atom stereocenters. The Morgan fingerprint density at radius 1 is 1.00 bits per heavy atom. The van der Waals surface area contributed by atoms with Crippen LogP contribution < -0.4 is 10.2 Å². The third kappa shape index (κ3) is 3.31. The molecule has 0 amide bonds. The monoisotopic (exact) mass is 244 g/mol. The highest BCUT2D eigenvalue weighted by Gasteiger charge is 1.97. The average molecular weight is 244 g/mol. The van der Waals surface area contributed by atoms with E-state index in [-0.39, 0.29) is 5.82 Å². The van der Waals surface area contributed by atoms with Crippen LogP contribution in [0, 0.1) is 5.82 Å². The van der Waals surface area contributed by atoms with E-state index < -0.39 is 0 Å². The van der Waals surface area contributed by atoms with Crippen LogP contribution in [0.5, 0.6) is 11.5 Å². The lowest BCUT2D eigenvalue weighted by atomic mass is 10.2. The van der Waals surface area contributed by atoms with Crippen LogP contribution in [0.15, 0.2) is 53.6 Å². The first kappa shape index (κ1) is 12.1. The van der Waals surface area contributed by atoms with Gasteiger partial charge in [0.25, 0.3) is 0 Å². The molecule has 0 bridgehead atoms. The summed E-state index contributed by atoms with van der Waals surface area (Å²) in [5.41, 5.74) is 3.65. The number of halogens is 1. The van der Waals surface area contributed by atoms with Crippen molar-refractivity contribution in [3.8, 4) is 11.5 Å². The highest BCUT2D eigenvalue weighted by atomic mass is 19.1. The lowest BCUT2D eigenvalue weighted by molar-refractivity contribution is 0.480. The maximum Gasteiger partial charge on any atom is 0.127 e. The molecule has 0 saturated carbocycles. The number of hydrogen-bond acceptors (Lipinski definition) is 3. The lowest BCUT2D eigenvalue weighted by Gasteiger charge is -2.05. The van der Waals surface area contributed by atoms with Gasteiger partial charge in [-0.15, -0.1) is 0 Å². The van der Waals surface area contributed by atoms with Gasteiger partial charge in [-0.2, -0.15) is 5.10 Å². The van der Waals surface area contributed by atoms with Crippen LogP contribution in [0.4, 0.5) is 4.39 Å². The Morgan fingerprint density at radius 2 is 1.56 bits per heavy atom. The minimum atomic E-state index is -0.277. The predicted octanol–water partition coefficient (Wildman–Crippen LogP) is 3.17. The first-order valence-corrected chi connectivity index (χ1v) is 5.51. The molecule has 4 heteroatoms. The second-order valence-electron chi connectivity index (χ2n) is 3.61. The molecule has 18 heavy (non-hydrogen) atoms. The van der Waals surface area contributed by atoms with Crippen molar-refractivity contribution in [2.24, 2.45) is 5.10 Å². The summed E-state index contributed by atoms with van der Waals surface area (Å²) in [6.45, 7) is 0. The zero-order chi connectivity index (χ0) is 12.8. The van der Waals surface area contributed by atoms with Gasteiger partial charge in [-0.05, 0) is 54.1 Å². The molecule has 0 atom stereocenters. The molecule has 92 valence electrons. The van der Waals surface area contributed by atoms with E-state index in [2.05, 4.69) is 10.5 Å². The smallest absolute Gasteiger partial charge is 0.127 e. The van der Waals surface area contributed by atoms with E-state index in [9.17, 15) is 4.39 Å². The van der Waals surface area contributed by atoms with Crippen molar-refractivity contribution >= 4 is 6.21 Å². The Bertz CT molecular complexity index is 520. The Labute approximate surface area is 105 Å². The second kappa shape index (κ2) is 5.82. The van der Waals surface area contributed by atoms with E-state index in [0.29, 0.717) is 11.5 Å². The van der Waals surface area contributed by atoms with Crippen molar-refractivity contribution in [3.63, 3.8) is 0 Å². The molecule has 0 radical (unpaired) electrons. The van der Waals surface area contributed by atoms with E-state index in [1.807, 2.05) is 24.3 Å². The molecule has 2 aromatic carbocycles. The van der Waals surface area contributed by atoms with Crippen LogP contribution in [0.3, 0.4) is 0 Å². The van der Waals surface area contributed by atoms with Gasteiger partial charge in [0.05, 0.1) is 6.21 Å². The highest BCUT2D eigenvalue weighted by molar-refractivity contribution is 5.79. The molecule has 0 aliphatic carbocycles. The Hall–Kier alpha value is -2.36. The van der Waals surface area contributed by atoms with E-state index in [0.717, 1.165) is 5.56 Å². The summed E-state index contributed by atoms with van der Waals surface area (Å²) < 4.78 is 18.3. The maximum absolute atomic E-state index is 12.7. The SMILES string of the molecule is CN/N=C/c1ccc(Oc2ccc(F)cc2)cc1. The number of nitrogens with one attached hydrogen (secondary N) is 1. The molecular formula is C14H13FN2O. The largest absolute Gasteiger partial charge is 0.457 e. The number of ether oxygens (including phenoxy) is 1. The molecule has 0 fully saturated rings. The van der Waals surface area contributed by atoms with Crippen LogP contribution >= 0.6 is 0 Å². The van der Waals surface area contributed by atoms with E-state index in [1.54, 1.807) is 25.4 Å². The van der Waals surface area contributed by atoms with Gasteiger partial charge in [0.1, 0.15) is 17.3 Å². The maximum atomic E-state index is 12.7. The van der Waals surface area contributed by atoms with Crippen LogP contribution in [-0.4, -0.2) is 13.3 Å². The average Bonchev–Trinajstić information content (AvgIpc) is 2.41. The molecule has 0 spiro atoms. The van der Waals surface area contributed by atoms with Gasteiger partial charge in [0.2, 0.25) is 0 Å². The van der Waals surface area contributed by atoms with Gasteiger partial charge in [-0.3, -0.25) is 0 Å². The third-order valence-electron chi connectivity index (χ3n) is 2.27. The van der Waals surface area contributed by atoms with Gasteiger partial charge in [0, 0.05) is 7.05 Å². The van der Waals surface area contributed by atoms with Crippen LogP contribution in [0.25, 0.3) is 0 Å². The summed E-state index contributed by atoms with van der Waals surface area (Å²) in [4.78, 5) is 0. The van der Waals surface area contributed by atoms with Gasteiger partial charge in [0.15, 0.2) is 0 Å². The fourth-order valence-electron chi connectivity index (χ4n) is 1.40. The van der Waals surface area contributed by atoms with Crippen molar-refractivity contribution < 1.29 is 9.13 Å². The van der Waals surface area contributed by atoms with Crippen molar-refractivity contribution in [2.75, 3.05) is 7.05 Å². The zero-order valence-electron chi connectivity index (χ0n) is 9.93. The van der Waals surface area contributed by atoms with Gasteiger partial charge in [-0.25, -0.2) is 4.39 Å². The van der Waals surface area contributed by atoms with Crippen LogP contribution in [0.1, 0.15) is 5.56 Å². The van der Waals surface area contributed by atoms with Crippen LogP contribution in [0.2, 0.25) is 0 Å². The number of hydrogen-bond donors (Lipinski definition) is 1. The normalized spacial score (nSPS) is 10.6. The molecule has 0 aliphatic rings. The number of benzene rings is 2. The summed E-state index contributed by atoms with van der Waals surface area (Å²) >= 11 is 0. The lowest BCUT2D eigenvalue weighted by Crippen LogP contribution is -1.94. The molecule has 1 N–H and O–H groups in total. The number of nitrogens with zero attached hydrogens (tertiary/aromatic N) is 1. The molecule has 0 heterocycles. The summed E-state index contributed by atoms with van der Waals surface area (Å²) in [5.74, 6) is 1.03. The molecule has 0 aliphatic heterocycles. The Balaban J connectivity index is 2.06. The second-order valence-corrected chi connectivity index (χ2v) is 3.61. The minimum Gasteiger partial charge on any atom is -0.457 e. The fraction of sp³-hybridized carbons (Fsp3) is 0.0714. The first-order chi connectivity index (χ1) is 8.78. The summed E-state index contributed by atoms with van der Waals surface area (Å²) in [6, 6.07) is 13.4. The molecule has 2 aromatic rings. The molecule has 0 saturated heterocycles. The third-order valence-corrected chi connectivity index (χ3v) is 2.27. The van der Waals surface area contributed by atoms with E-state index in [1.165, 1.54) is 12.1 Å². The van der Waals surface area contributed by atoms with Crippen molar-refractivity contribution in [3.05, 3.63) is 59.9 Å².